The maximum atomic E-state index is 14.5. The number of halogens is 10. The molecule has 3 aromatic carbocycles. The van der Waals surface area contributed by atoms with Gasteiger partial charge >= 0.3 is 24.7 Å². The van der Waals surface area contributed by atoms with E-state index in [0.29, 0.717) is 18.2 Å². The van der Waals surface area contributed by atoms with E-state index in [1.165, 1.54) is 0 Å². The van der Waals surface area contributed by atoms with E-state index in [1.54, 1.807) is 0 Å². The van der Waals surface area contributed by atoms with Gasteiger partial charge in [-0.25, -0.2) is 13.2 Å². The van der Waals surface area contributed by atoms with E-state index in [4.69, 9.17) is 0 Å². The van der Waals surface area contributed by atoms with Crippen molar-refractivity contribution < 1.29 is 58.5 Å². The van der Waals surface area contributed by atoms with Crippen molar-refractivity contribution in [2.45, 2.75) is 30.7 Å². The summed E-state index contributed by atoms with van der Waals surface area (Å²) in [4.78, 5) is 11.9. The van der Waals surface area contributed by atoms with E-state index < -0.39 is 76.7 Å². The van der Waals surface area contributed by atoms with Gasteiger partial charge in [0.25, 0.3) is 0 Å². The van der Waals surface area contributed by atoms with Gasteiger partial charge in [-0.2, -0.15) is 30.7 Å². The van der Waals surface area contributed by atoms with Crippen LogP contribution in [0.1, 0.15) is 23.1 Å². The number of alkyl halides is 7. The molecule has 0 aliphatic heterocycles. The van der Waals surface area contributed by atoms with Gasteiger partial charge in [-0.05, 0) is 53.6 Å². The molecule has 204 valence electrons. The Morgan fingerprint density at radius 3 is 2.03 bits per heavy atom. The number of carboxylic acids is 1. The van der Waals surface area contributed by atoms with Crippen molar-refractivity contribution in [3.05, 3.63) is 94.8 Å². The molecule has 0 bridgehead atoms. The lowest BCUT2D eigenvalue weighted by atomic mass is 9.79. The highest BCUT2D eigenvalue weighted by molar-refractivity contribution is 5.72. The zero-order valence-electron chi connectivity index (χ0n) is 18.6. The molecule has 0 spiro atoms. The van der Waals surface area contributed by atoms with Crippen LogP contribution in [0.2, 0.25) is 0 Å². The Kier molecular flexibility index (Phi) is 7.84. The second-order valence-corrected chi connectivity index (χ2v) is 7.94. The molecule has 0 saturated carbocycles. The molecule has 0 heterocycles. The fourth-order valence-corrected chi connectivity index (χ4v) is 3.66. The van der Waals surface area contributed by atoms with Crippen LogP contribution in [0.3, 0.4) is 0 Å². The predicted octanol–water partition coefficient (Wildman–Crippen LogP) is 7.19. The third-order valence-electron chi connectivity index (χ3n) is 5.25. The number of ether oxygens (including phenoxy) is 1. The number of anilines is 1. The van der Waals surface area contributed by atoms with Crippen LogP contribution in [0.5, 0.6) is 5.75 Å². The summed E-state index contributed by atoms with van der Waals surface area (Å²) < 4.78 is 138. The molecule has 2 N–H and O–H groups in total. The lowest BCUT2D eigenvalue weighted by Crippen LogP contribution is -2.39. The van der Waals surface area contributed by atoms with Gasteiger partial charge in [-0.3, -0.25) is 4.79 Å². The van der Waals surface area contributed by atoms with E-state index in [2.05, 4.69) is 10.1 Å². The van der Waals surface area contributed by atoms with Crippen LogP contribution < -0.4 is 10.1 Å². The first-order valence-electron chi connectivity index (χ1n) is 10.3. The van der Waals surface area contributed by atoms with E-state index in [1.807, 2.05) is 0 Å². The van der Waals surface area contributed by atoms with E-state index in [0.717, 1.165) is 30.3 Å². The van der Waals surface area contributed by atoms with E-state index in [9.17, 15) is 53.8 Å². The molecule has 0 amide bonds. The van der Waals surface area contributed by atoms with Crippen molar-refractivity contribution in [2.24, 2.45) is 0 Å². The zero-order valence-corrected chi connectivity index (χ0v) is 18.6. The van der Waals surface area contributed by atoms with Gasteiger partial charge in [-0.15, -0.1) is 0 Å². The van der Waals surface area contributed by atoms with Crippen molar-refractivity contribution in [1.82, 2.24) is 0 Å². The number of carboxylic acid groups (broad SMARTS) is 1. The summed E-state index contributed by atoms with van der Waals surface area (Å²) in [5.74, 6) is -6.73. The maximum Gasteiger partial charge on any atom is 0.461 e. The molecule has 3 rings (SSSR count). The normalized spacial score (nSPS) is 13.8. The minimum absolute atomic E-state index is 0.226. The molecule has 0 saturated heterocycles. The number of rotatable bonds is 9. The molecule has 38 heavy (non-hydrogen) atoms. The highest BCUT2D eigenvalue weighted by Crippen LogP contribution is 2.41. The van der Waals surface area contributed by atoms with Crippen molar-refractivity contribution in [3.63, 3.8) is 0 Å². The number of benzene rings is 3. The second kappa shape index (κ2) is 10.4. The van der Waals surface area contributed by atoms with Gasteiger partial charge in [0.2, 0.25) is 0 Å². The van der Waals surface area contributed by atoms with Gasteiger partial charge in [0, 0.05) is 11.8 Å². The van der Waals surface area contributed by atoms with Gasteiger partial charge in [-0.1, -0.05) is 12.1 Å². The standard InChI is InChI=1S/C24H15F10NO3/c25-14-3-1-12(2-4-14)22(11-20(36)37,35-16-5-6-19(27)18(10-16)23(30,31)32)13-7-15(26)9-17(8-13)38-24(33,34)21(28)29/h1-10,21,35H,11H2,(H,36,37)/t22-/m1/s1. The zero-order chi connectivity index (χ0) is 28.5. The first-order valence-corrected chi connectivity index (χ1v) is 10.3. The van der Waals surface area contributed by atoms with E-state index >= 15 is 0 Å². The van der Waals surface area contributed by atoms with Crippen LogP contribution >= 0.6 is 0 Å². The molecule has 0 unspecified atom stereocenters. The molecule has 0 aliphatic carbocycles. The molecule has 0 fully saturated rings. The Morgan fingerprint density at radius 1 is 0.842 bits per heavy atom. The van der Waals surface area contributed by atoms with Gasteiger partial charge in [0.05, 0.1) is 17.5 Å². The smallest absolute Gasteiger partial charge is 0.461 e. The van der Waals surface area contributed by atoms with Crippen molar-refractivity contribution in [2.75, 3.05) is 5.32 Å². The first-order chi connectivity index (χ1) is 17.5. The summed E-state index contributed by atoms with van der Waals surface area (Å²) in [5, 5.41) is 12.1. The summed E-state index contributed by atoms with van der Waals surface area (Å²) >= 11 is 0. The Bertz CT molecular complexity index is 1310. The summed E-state index contributed by atoms with van der Waals surface area (Å²) in [7, 11) is 0. The van der Waals surface area contributed by atoms with Crippen molar-refractivity contribution in [3.8, 4) is 5.75 Å². The van der Waals surface area contributed by atoms with Crippen molar-refractivity contribution in [1.29, 1.82) is 0 Å². The number of carbonyl (C=O) groups is 1. The number of hydrogen-bond donors (Lipinski definition) is 2. The maximum absolute atomic E-state index is 14.5. The third-order valence-corrected chi connectivity index (χ3v) is 5.25. The SMILES string of the molecule is O=C(O)C[C@@](Nc1ccc(F)c(C(F)(F)F)c1)(c1ccc(F)cc1)c1cc(F)cc(OC(F)(F)C(F)F)c1. The van der Waals surface area contributed by atoms with Crippen LogP contribution in [0.15, 0.2) is 60.7 Å². The Labute approximate surface area is 207 Å². The number of nitrogens with one attached hydrogen (secondary N) is 1. The van der Waals surface area contributed by atoms with Gasteiger partial charge in [0.1, 0.15) is 23.2 Å². The summed E-state index contributed by atoms with van der Waals surface area (Å²) in [6, 6.07) is 6.48. The minimum Gasteiger partial charge on any atom is -0.481 e. The van der Waals surface area contributed by atoms with Crippen LogP contribution in [-0.4, -0.2) is 23.6 Å². The summed E-state index contributed by atoms with van der Waals surface area (Å²) in [5.41, 5.74) is -5.49. The average Bonchev–Trinajstić information content (AvgIpc) is 2.78. The van der Waals surface area contributed by atoms with Crippen molar-refractivity contribution >= 4 is 11.7 Å². The monoisotopic (exact) mass is 555 g/mol. The largest absolute Gasteiger partial charge is 0.481 e. The minimum atomic E-state index is -5.19. The fourth-order valence-electron chi connectivity index (χ4n) is 3.66. The molecule has 4 nitrogen and oxygen atoms in total. The Morgan fingerprint density at radius 2 is 1.47 bits per heavy atom. The molecule has 1 atom stereocenters. The topological polar surface area (TPSA) is 58.6 Å². The molecule has 0 aromatic heterocycles. The molecule has 14 heteroatoms. The highest BCUT2D eigenvalue weighted by atomic mass is 19.4. The van der Waals surface area contributed by atoms with Crippen LogP contribution in [-0.2, 0) is 16.5 Å². The summed E-state index contributed by atoms with van der Waals surface area (Å²) in [6.45, 7) is 0. The molecular formula is C24H15F10NO3. The lowest BCUT2D eigenvalue weighted by Gasteiger charge is -2.36. The molecule has 0 aliphatic rings. The molecular weight excluding hydrogens is 540 g/mol. The first kappa shape index (κ1) is 28.6. The lowest BCUT2D eigenvalue weighted by molar-refractivity contribution is -0.253. The van der Waals surface area contributed by atoms with Crippen LogP contribution in [0.4, 0.5) is 49.6 Å². The predicted molar refractivity (Wildman–Crippen MR) is 112 cm³/mol. The number of hydrogen-bond acceptors (Lipinski definition) is 3. The average molecular weight is 555 g/mol. The van der Waals surface area contributed by atoms with Crippen LogP contribution in [0, 0.1) is 17.5 Å². The Balaban J connectivity index is 2.29. The second-order valence-electron chi connectivity index (χ2n) is 7.94. The summed E-state index contributed by atoms with van der Waals surface area (Å²) in [6.07, 6.45) is -15.8. The van der Waals surface area contributed by atoms with Crippen LogP contribution in [0.25, 0.3) is 0 Å². The van der Waals surface area contributed by atoms with E-state index in [-0.39, 0.29) is 17.7 Å². The number of aliphatic carboxylic acids is 1. The quantitative estimate of drug-likeness (QED) is 0.275. The van der Waals surface area contributed by atoms with Gasteiger partial charge in [0.15, 0.2) is 0 Å². The Hall–Kier alpha value is -3.97. The third kappa shape index (κ3) is 6.29. The fraction of sp³-hybridized carbons (Fsp3) is 0.208. The molecule has 0 radical (unpaired) electrons. The highest BCUT2D eigenvalue weighted by Gasteiger charge is 2.45. The molecule has 3 aromatic rings. The van der Waals surface area contributed by atoms with Gasteiger partial charge < -0.3 is 15.2 Å².